The predicted molar refractivity (Wildman–Crippen MR) is 116 cm³/mol. The molecule has 0 spiro atoms. The smallest absolute Gasteiger partial charge is 0.243 e. The third-order valence-electron chi connectivity index (χ3n) is 5.14. The van der Waals surface area contributed by atoms with Crippen molar-refractivity contribution in [1.29, 1.82) is 0 Å². The number of carbonyl (C=O) groups is 1. The van der Waals surface area contributed by atoms with Crippen molar-refractivity contribution in [2.24, 2.45) is 5.92 Å². The highest BCUT2D eigenvalue weighted by Crippen LogP contribution is 2.25. The van der Waals surface area contributed by atoms with Gasteiger partial charge in [-0.25, -0.2) is 13.4 Å². The standard InChI is InChI=1S/C21H23N3O4S2/c1-15-8-10-24(11-9-15)30(26,27)18-6-4-16(5-7-18)22-20(25)13-17-14-29-21(23-17)19-3-2-12-28-19/h2-7,12,14-15H,8-11,13H2,1H3,(H,22,25). The van der Waals surface area contributed by atoms with Crippen LogP contribution in [0.5, 0.6) is 0 Å². The molecule has 9 heteroatoms. The molecule has 1 fully saturated rings. The summed E-state index contributed by atoms with van der Waals surface area (Å²) in [6.45, 7) is 3.25. The molecule has 7 nitrogen and oxygen atoms in total. The number of amides is 1. The van der Waals surface area contributed by atoms with E-state index in [9.17, 15) is 13.2 Å². The van der Waals surface area contributed by atoms with Gasteiger partial charge >= 0.3 is 0 Å². The number of benzene rings is 1. The lowest BCUT2D eigenvalue weighted by Crippen LogP contribution is -2.37. The molecule has 0 atom stereocenters. The minimum Gasteiger partial charge on any atom is -0.462 e. The largest absolute Gasteiger partial charge is 0.462 e. The molecule has 1 N–H and O–H groups in total. The summed E-state index contributed by atoms with van der Waals surface area (Å²) in [6.07, 6.45) is 3.47. The number of furan rings is 1. The van der Waals surface area contributed by atoms with Crippen LogP contribution in [0.25, 0.3) is 10.8 Å². The van der Waals surface area contributed by atoms with Gasteiger partial charge < -0.3 is 9.73 Å². The Hall–Kier alpha value is -2.49. The minimum absolute atomic E-state index is 0.128. The monoisotopic (exact) mass is 445 g/mol. The Labute approximate surface area is 179 Å². The van der Waals surface area contributed by atoms with Gasteiger partial charge in [-0.05, 0) is 55.2 Å². The predicted octanol–water partition coefficient (Wildman–Crippen LogP) is 4.00. The lowest BCUT2D eigenvalue weighted by molar-refractivity contribution is -0.115. The van der Waals surface area contributed by atoms with Gasteiger partial charge in [-0.15, -0.1) is 11.3 Å². The van der Waals surface area contributed by atoms with Crippen LogP contribution in [0.2, 0.25) is 0 Å². The minimum atomic E-state index is -3.49. The summed E-state index contributed by atoms with van der Waals surface area (Å²) in [5.74, 6) is 1.01. The Morgan fingerprint density at radius 1 is 1.23 bits per heavy atom. The van der Waals surface area contributed by atoms with Crippen molar-refractivity contribution in [3.8, 4) is 10.8 Å². The summed E-state index contributed by atoms with van der Waals surface area (Å²) < 4.78 is 32.4. The molecule has 158 valence electrons. The molecule has 1 aromatic carbocycles. The highest BCUT2D eigenvalue weighted by Gasteiger charge is 2.27. The second-order valence-corrected chi connectivity index (χ2v) is 10.3. The quantitative estimate of drug-likeness (QED) is 0.619. The van der Waals surface area contributed by atoms with Crippen LogP contribution >= 0.6 is 11.3 Å². The molecule has 30 heavy (non-hydrogen) atoms. The van der Waals surface area contributed by atoms with Crippen LogP contribution in [0.4, 0.5) is 5.69 Å². The number of rotatable bonds is 6. The fraction of sp³-hybridized carbons (Fsp3) is 0.333. The zero-order valence-electron chi connectivity index (χ0n) is 16.6. The van der Waals surface area contributed by atoms with Crippen LogP contribution in [0.15, 0.2) is 57.4 Å². The summed E-state index contributed by atoms with van der Waals surface area (Å²) in [5, 5.41) is 5.34. The van der Waals surface area contributed by atoms with Crippen LogP contribution < -0.4 is 5.32 Å². The Bertz CT molecular complexity index is 1100. The average Bonchev–Trinajstić information content (AvgIpc) is 3.40. The van der Waals surface area contributed by atoms with Gasteiger partial charge in [0.05, 0.1) is 23.3 Å². The van der Waals surface area contributed by atoms with Crippen LogP contribution in [-0.2, 0) is 21.2 Å². The van der Waals surface area contributed by atoms with E-state index < -0.39 is 10.0 Å². The number of aromatic nitrogens is 1. The first kappa shape index (κ1) is 20.8. The second-order valence-electron chi connectivity index (χ2n) is 7.46. The molecule has 3 aromatic rings. The van der Waals surface area contributed by atoms with E-state index in [0.29, 0.717) is 36.1 Å². The molecule has 2 aromatic heterocycles. The van der Waals surface area contributed by atoms with E-state index in [4.69, 9.17) is 4.42 Å². The van der Waals surface area contributed by atoms with E-state index in [0.717, 1.165) is 17.8 Å². The molecule has 4 rings (SSSR count). The van der Waals surface area contributed by atoms with E-state index >= 15 is 0 Å². The number of hydrogen-bond donors (Lipinski definition) is 1. The van der Waals surface area contributed by atoms with Crippen LogP contribution in [-0.4, -0.2) is 36.7 Å². The molecule has 1 aliphatic heterocycles. The summed E-state index contributed by atoms with van der Waals surface area (Å²) >= 11 is 1.42. The van der Waals surface area contributed by atoms with Gasteiger partial charge in [0, 0.05) is 24.2 Å². The summed E-state index contributed by atoms with van der Waals surface area (Å²) in [7, 11) is -3.49. The molecule has 0 aliphatic carbocycles. The lowest BCUT2D eigenvalue weighted by Gasteiger charge is -2.29. The van der Waals surface area contributed by atoms with Gasteiger partial charge in [-0.1, -0.05) is 6.92 Å². The Kier molecular flexibility index (Phi) is 6.03. The first-order valence-corrected chi connectivity index (χ1v) is 12.1. The van der Waals surface area contributed by atoms with Crippen molar-refractivity contribution in [3.63, 3.8) is 0 Å². The zero-order valence-corrected chi connectivity index (χ0v) is 18.2. The molecule has 0 radical (unpaired) electrons. The second kappa shape index (κ2) is 8.71. The lowest BCUT2D eigenvalue weighted by atomic mass is 10.0. The highest BCUT2D eigenvalue weighted by atomic mass is 32.2. The molecule has 1 saturated heterocycles. The Morgan fingerprint density at radius 3 is 2.63 bits per heavy atom. The van der Waals surface area contributed by atoms with Gasteiger partial charge in [0.15, 0.2) is 10.8 Å². The molecule has 0 unspecified atom stereocenters. The van der Waals surface area contributed by atoms with Crippen molar-refractivity contribution in [1.82, 2.24) is 9.29 Å². The van der Waals surface area contributed by atoms with Gasteiger partial charge in [0.1, 0.15) is 0 Å². The molecule has 1 amide bonds. The van der Waals surface area contributed by atoms with Crippen LogP contribution in [0, 0.1) is 5.92 Å². The Morgan fingerprint density at radius 2 is 1.97 bits per heavy atom. The van der Waals surface area contributed by atoms with Crippen molar-refractivity contribution < 1.29 is 17.6 Å². The number of carbonyl (C=O) groups excluding carboxylic acids is 1. The fourth-order valence-electron chi connectivity index (χ4n) is 3.36. The van der Waals surface area contributed by atoms with Crippen LogP contribution in [0.1, 0.15) is 25.5 Å². The fourth-order valence-corrected chi connectivity index (χ4v) is 5.61. The summed E-state index contributed by atoms with van der Waals surface area (Å²) in [6, 6.07) is 9.93. The van der Waals surface area contributed by atoms with Gasteiger partial charge in [0.25, 0.3) is 0 Å². The number of thiazole rings is 1. The van der Waals surface area contributed by atoms with Crippen LogP contribution in [0.3, 0.4) is 0 Å². The first-order chi connectivity index (χ1) is 14.4. The van der Waals surface area contributed by atoms with Gasteiger partial charge in [0.2, 0.25) is 15.9 Å². The number of anilines is 1. The molecule has 0 saturated carbocycles. The van der Waals surface area contributed by atoms with Crippen molar-refractivity contribution in [3.05, 3.63) is 53.7 Å². The van der Waals surface area contributed by atoms with E-state index in [1.807, 2.05) is 11.4 Å². The number of nitrogens with one attached hydrogen (secondary N) is 1. The number of piperidine rings is 1. The van der Waals surface area contributed by atoms with Crippen molar-refractivity contribution >= 4 is 33.0 Å². The molecule has 3 heterocycles. The first-order valence-electron chi connectivity index (χ1n) is 9.80. The third-order valence-corrected chi connectivity index (χ3v) is 7.96. The number of sulfonamides is 1. The average molecular weight is 446 g/mol. The van der Waals surface area contributed by atoms with E-state index in [1.165, 1.54) is 11.3 Å². The van der Waals surface area contributed by atoms with E-state index in [1.54, 1.807) is 40.9 Å². The van der Waals surface area contributed by atoms with E-state index in [2.05, 4.69) is 17.2 Å². The molecule has 1 aliphatic rings. The number of nitrogens with zero attached hydrogens (tertiary/aromatic N) is 2. The topological polar surface area (TPSA) is 92.5 Å². The normalized spacial score (nSPS) is 15.9. The summed E-state index contributed by atoms with van der Waals surface area (Å²) in [5.41, 5.74) is 1.20. The van der Waals surface area contributed by atoms with Crippen molar-refractivity contribution in [2.75, 3.05) is 18.4 Å². The maximum atomic E-state index is 12.8. The Balaban J connectivity index is 1.37. The third kappa shape index (κ3) is 4.63. The maximum Gasteiger partial charge on any atom is 0.243 e. The highest BCUT2D eigenvalue weighted by molar-refractivity contribution is 7.89. The van der Waals surface area contributed by atoms with Gasteiger partial charge in [-0.3, -0.25) is 4.79 Å². The van der Waals surface area contributed by atoms with Crippen molar-refractivity contribution in [2.45, 2.75) is 31.1 Å². The molecule has 0 bridgehead atoms. The number of hydrogen-bond acceptors (Lipinski definition) is 6. The SMILES string of the molecule is CC1CCN(S(=O)(=O)c2ccc(NC(=O)Cc3csc(-c4ccco4)n3)cc2)CC1. The maximum absolute atomic E-state index is 12.8. The summed E-state index contributed by atoms with van der Waals surface area (Å²) in [4.78, 5) is 17.0. The molecular weight excluding hydrogens is 422 g/mol. The van der Waals surface area contributed by atoms with Gasteiger partial charge in [-0.2, -0.15) is 4.31 Å². The zero-order chi connectivity index (χ0) is 21.1. The van der Waals surface area contributed by atoms with E-state index in [-0.39, 0.29) is 17.2 Å². The molecular formula is C21H23N3O4S2.